The smallest absolute Gasteiger partial charge is 0.216 e. The van der Waals surface area contributed by atoms with Gasteiger partial charge in [-0.25, -0.2) is 13.6 Å². The molecule has 0 aliphatic carbocycles. The molecule has 0 spiro atoms. The minimum atomic E-state index is -3.82. The summed E-state index contributed by atoms with van der Waals surface area (Å²) in [5.74, 6) is 0. The molecule has 0 aliphatic heterocycles. The Balaban J connectivity index is 2.95. The van der Waals surface area contributed by atoms with E-state index in [-0.39, 0.29) is 4.21 Å². The van der Waals surface area contributed by atoms with Gasteiger partial charge in [-0.15, -0.1) is 11.3 Å². The molecule has 1 atom stereocenters. The number of halogens is 1. The highest BCUT2D eigenvalue weighted by atomic mass is 35.7. The summed E-state index contributed by atoms with van der Waals surface area (Å²) >= 11 is 0.886. The van der Waals surface area contributed by atoms with Crippen LogP contribution >= 0.6 is 22.0 Å². The van der Waals surface area contributed by atoms with E-state index in [1.54, 1.807) is 6.92 Å². The molecule has 0 aliphatic rings. The molecule has 0 saturated carbocycles. The minimum Gasteiger partial charge on any atom is -0.216 e. The second-order valence-corrected chi connectivity index (χ2v) is 8.21. The van der Waals surface area contributed by atoms with Gasteiger partial charge in [-0.1, -0.05) is 0 Å². The highest BCUT2D eigenvalue weighted by molar-refractivity contribution is 8.15. The molecule has 0 amide bonds. The molecule has 0 bridgehead atoms. The molecule has 0 aromatic carbocycles. The van der Waals surface area contributed by atoms with Gasteiger partial charge >= 0.3 is 0 Å². The quantitative estimate of drug-likeness (QED) is 0.791. The zero-order valence-corrected chi connectivity index (χ0v) is 11.3. The summed E-state index contributed by atoms with van der Waals surface area (Å²) in [4.78, 5) is 0.508. The van der Waals surface area contributed by atoms with Crippen molar-refractivity contribution in [3.63, 3.8) is 0 Å². The predicted molar refractivity (Wildman–Crippen MR) is 62.0 cm³/mol. The third-order valence-corrected chi connectivity index (χ3v) is 5.65. The molecular weight excluding hydrogens is 296 g/mol. The number of nitrogens with two attached hydrogens (primary N) is 1. The van der Waals surface area contributed by atoms with Crippen molar-refractivity contribution in [1.82, 2.24) is 4.72 Å². The Morgan fingerprint density at radius 3 is 2.31 bits per heavy atom. The third-order valence-electron chi connectivity index (χ3n) is 1.61. The molecule has 0 radical (unpaired) electrons. The van der Waals surface area contributed by atoms with Crippen LogP contribution in [0.2, 0.25) is 0 Å². The summed E-state index contributed by atoms with van der Waals surface area (Å²) in [6, 6.07) is 2.18. The highest BCUT2D eigenvalue weighted by Gasteiger charge is 2.18. The van der Waals surface area contributed by atoms with Crippen molar-refractivity contribution in [3.05, 3.63) is 17.0 Å². The normalized spacial score (nSPS) is 14.9. The largest absolute Gasteiger partial charge is 0.274 e. The molecule has 1 heterocycles. The second kappa shape index (κ2) is 4.59. The molecular formula is C6H9ClN2O4S3. The first-order chi connectivity index (χ1) is 7.09. The van der Waals surface area contributed by atoms with Gasteiger partial charge in [-0.05, 0) is 19.1 Å². The fraction of sp³-hybridized carbons (Fsp3) is 0.333. The van der Waals surface area contributed by atoms with Crippen LogP contribution in [0.25, 0.3) is 0 Å². The lowest BCUT2D eigenvalue weighted by Gasteiger charge is -2.08. The molecule has 10 heteroatoms. The lowest BCUT2D eigenvalue weighted by molar-refractivity contribution is 0.570. The van der Waals surface area contributed by atoms with E-state index < -0.39 is 25.3 Å². The Morgan fingerprint density at radius 1 is 1.38 bits per heavy atom. The van der Waals surface area contributed by atoms with Gasteiger partial charge in [0, 0.05) is 15.6 Å². The standard InChI is InChI=1S/C6H9ClN2O4S3/c1-4(9-16(8,12)13)5-2-3-6(14-5)15(7,10)11/h2-4,9H,1H3,(H2,8,12,13). The molecule has 0 saturated heterocycles. The van der Waals surface area contributed by atoms with Crippen molar-refractivity contribution in [2.75, 3.05) is 0 Å². The maximum Gasteiger partial charge on any atom is 0.274 e. The molecule has 6 nitrogen and oxygen atoms in total. The molecule has 1 aromatic rings. The molecule has 16 heavy (non-hydrogen) atoms. The topological polar surface area (TPSA) is 106 Å². The monoisotopic (exact) mass is 304 g/mol. The van der Waals surface area contributed by atoms with Crippen LogP contribution in [0.15, 0.2) is 16.3 Å². The maximum atomic E-state index is 11.0. The molecule has 3 N–H and O–H groups in total. The lowest BCUT2D eigenvalue weighted by Crippen LogP contribution is -2.32. The average molecular weight is 305 g/mol. The van der Waals surface area contributed by atoms with Gasteiger partial charge in [-0.2, -0.15) is 13.1 Å². The van der Waals surface area contributed by atoms with Gasteiger partial charge in [0.25, 0.3) is 19.3 Å². The molecule has 1 aromatic heterocycles. The van der Waals surface area contributed by atoms with Crippen molar-refractivity contribution in [1.29, 1.82) is 0 Å². The molecule has 1 unspecified atom stereocenters. The fourth-order valence-corrected chi connectivity index (χ4v) is 3.79. The summed E-state index contributed by atoms with van der Waals surface area (Å²) < 4.78 is 45.5. The van der Waals surface area contributed by atoms with Gasteiger partial charge < -0.3 is 0 Å². The van der Waals surface area contributed by atoms with Crippen LogP contribution in [-0.2, 0) is 19.3 Å². The van der Waals surface area contributed by atoms with Crippen molar-refractivity contribution in [2.45, 2.75) is 17.2 Å². The van der Waals surface area contributed by atoms with Crippen LogP contribution in [-0.4, -0.2) is 16.8 Å². The van der Waals surface area contributed by atoms with E-state index >= 15 is 0 Å². The number of nitrogens with one attached hydrogen (secondary N) is 1. The number of hydrogen-bond donors (Lipinski definition) is 2. The van der Waals surface area contributed by atoms with E-state index in [9.17, 15) is 16.8 Å². The van der Waals surface area contributed by atoms with Crippen LogP contribution < -0.4 is 9.86 Å². The van der Waals surface area contributed by atoms with E-state index in [0.717, 1.165) is 11.3 Å². The first kappa shape index (κ1) is 13.9. The number of thiophene rings is 1. The van der Waals surface area contributed by atoms with Crippen LogP contribution in [0.3, 0.4) is 0 Å². The Hall–Kier alpha value is -0.190. The van der Waals surface area contributed by atoms with Gasteiger partial charge in [0.15, 0.2) is 0 Å². The molecule has 1 rings (SSSR count). The summed E-state index contributed by atoms with van der Waals surface area (Å²) in [6.45, 7) is 1.54. The Bertz CT molecular complexity index is 577. The van der Waals surface area contributed by atoms with Crippen LogP contribution in [0.5, 0.6) is 0 Å². The van der Waals surface area contributed by atoms with E-state index in [1.807, 2.05) is 0 Å². The number of hydrogen-bond acceptors (Lipinski definition) is 5. The predicted octanol–water partition coefficient (Wildman–Crippen LogP) is 0.530. The zero-order chi connectivity index (χ0) is 12.6. The minimum absolute atomic E-state index is 0.0350. The lowest BCUT2D eigenvalue weighted by atomic mass is 10.3. The van der Waals surface area contributed by atoms with Crippen LogP contribution in [0.4, 0.5) is 0 Å². The van der Waals surface area contributed by atoms with Crippen molar-refractivity contribution in [2.24, 2.45) is 5.14 Å². The SMILES string of the molecule is CC(NS(N)(=O)=O)c1ccc(S(=O)(=O)Cl)s1. The van der Waals surface area contributed by atoms with Crippen molar-refractivity contribution < 1.29 is 16.8 Å². The van der Waals surface area contributed by atoms with E-state index in [1.165, 1.54) is 12.1 Å². The van der Waals surface area contributed by atoms with E-state index in [4.69, 9.17) is 15.8 Å². The van der Waals surface area contributed by atoms with E-state index in [0.29, 0.717) is 4.88 Å². The fourth-order valence-electron chi connectivity index (χ4n) is 1.00. The van der Waals surface area contributed by atoms with Crippen molar-refractivity contribution in [3.8, 4) is 0 Å². The zero-order valence-electron chi connectivity index (χ0n) is 8.05. The third kappa shape index (κ3) is 4.00. The Labute approximate surface area is 102 Å². The van der Waals surface area contributed by atoms with Gasteiger partial charge in [0.05, 0.1) is 6.04 Å². The summed E-state index contributed by atoms with van der Waals surface area (Å²) in [5.41, 5.74) is 0. The van der Waals surface area contributed by atoms with Gasteiger partial charge in [0.1, 0.15) is 4.21 Å². The van der Waals surface area contributed by atoms with Crippen molar-refractivity contribution >= 4 is 41.3 Å². The summed E-state index contributed by atoms with van der Waals surface area (Å²) in [7, 11) is -2.47. The second-order valence-electron chi connectivity index (χ2n) is 2.98. The van der Waals surface area contributed by atoms with Gasteiger partial charge in [0.2, 0.25) is 0 Å². The molecule has 92 valence electrons. The first-order valence-electron chi connectivity index (χ1n) is 3.94. The summed E-state index contributed by atoms with van der Waals surface area (Å²) in [6.07, 6.45) is 0. The molecule has 0 fully saturated rings. The number of rotatable bonds is 4. The van der Waals surface area contributed by atoms with Gasteiger partial charge in [-0.3, -0.25) is 0 Å². The maximum absolute atomic E-state index is 11.0. The Morgan fingerprint density at radius 2 is 1.94 bits per heavy atom. The Kier molecular flexibility index (Phi) is 3.98. The van der Waals surface area contributed by atoms with Crippen LogP contribution in [0.1, 0.15) is 17.8 Å². The average Bonchev–Trinajstić information content (AvgIpc) is 2.46. The first-order valence-corrected chi connectivity index (χ1v) is 8.61. The van der Waals surface area contributed by atoms with Crippen LogP contribution in [0, 0.1) is 0 Å². The summed E-state index contributed by atoms with van der Waals surface area (Å²) in [5, 5.41) is 4.79. The highest BCUT2D eigenvalue weighted by Crippen LogP contribution is 2.28. The van der Waals surface area contributed by atoms with E-state index in [2.05, 4.69) is 4.72 Å².